The molecule has 2 nitrogen and oxygen atoms in total. The van der Waals surface area contributed by atoms with Crippen molar-refractivity contribution in [2.75, 3.05) is 18.5 Å². The lowest BCUT2D eigenvalue weighted by Crippen LogP contribution is -2.21. The van der Waals surface area contributed by atoms with Gasteiger partial charge in [0.1, 0.15) is 11.6 Å². The van der Waals surface area contributed by atoms with Crippen molar-refractivity contribution >= 4 is 11.4 Å². The fourth-order valence-electron chi connectivity index (χ4n) is 2.41. The minimum atomic E-state index is -0.281. The molecule has 0 saturated heterocycles. The van der Waals surface area contributed by atoms with Gasteiger partial charge in [0.25, 0.3) is 0 Å². The number of halogens is 2. The molecule has 0 heterocycles. The fourth-order valence-corrected chi connectivity index (χ4v) is 2.41. The molecule has 2 aromatic rings. The van der Waals surface area contributed by atoms with Crippen LogP contribution in [-0.2, 0) is 0 Å². The van der Waals surface area contributed by atoms with E-state index in [4.69, 9.17) is 0 Å². The van der Waals surface area contributed by atoms with Crippen LogP contribution in [0, 0.1) is 11.6 Å². The van der Waals surface area contributed by atoms with Gasteiger partial charge in [0.15, 0.2) is 0 Å². The molecule has 0 aliphatic heterocycles. The van der Waals surface area contributed by atoms with Crippen LogP contribution in [0.3, 0.4) is 0 Å². The number of nitrogens with one attached hydrogen (secondary N) is 1. The van der Waals surface area contributed by atoms with Gasteiger partial charge in [0, 0.05) is 24.0 Å². The maximum absolute atomic E-state index is 13.6. The first kappa shape index (κ1) is 15.4. The average Bonchev–Trinajstić information content (AvgIpc) is 2.48. The summed E-state index contributed by atoms with van der Waals surface area (Å²) in [6, 6.07) is 11.1. The van der Waals surface area contributed by atoms with E-state index in [0.717, 1.165) is 16.9 Å². The SMILES string of the molecule is CCN(c1cccc(F)c1)c1ccc(F)cc1C(C)NC. The lowest BCUT2D eigenvalue weighted by atomic mass is 10.0. The van der Waals surface area contributed by atoms with Crippen molar-refractivity contribution in [3.8, 4) is 0 Å². The summed E-state index contributed by atoms with van der Waals surface area (Å²) in [6.07, 6.45) is 0. The third-order valence-corrected chi connectivity index (χ3v) is 3.62. The van der Waals surface area contributed by atoms with E-state index in [0.29, 0.717) is 6.54 Å². The molecule has 2 aromatic carbocycles. The molecule has 2 rings (SSSR count). The van der Waals surface area contributed by atoms with Crippen molar-refractivity contribution < 1.29 is 8.78 Å². The predicted molar refractivity (Wildman–Crippen MR) is 83.0 cm³/mol. The van der Waals surface area contributed by atoms with Crippen LogP contribution in [0.4, 0.5) is 20.2 Å². The van der Waals surface area contributed by atoms with Crippen molar-refractivity contribution in [3.63, 3.8) is 0 Å². The Morgan fingerprint density at radius 3 is 2.43 bits per heavy atom. The Labute approximate surface area is 124 Å². The van der Waals surface area contributed by atoms with Gasteiger partial charge in [-0.1, -0.05) is 6.07 Å². The smallest absolute Gasteiger partial charge is 0.125 e. The third-order valence-electron chi connectivity index (χ3n) is 3.62. The maximum Gasteiger partial charge on any atom is 0.125 e. The molecule has 21 heavy (non-hydrogen) atoms. The van der Waals surface area contributed by atoms with Gasteiger partial charge in [0.2, 0.25) is 0 Å². The van der Waals surface area contributed by atoms with Crippen molar-refractivity contribution in [2.45, 2.75) is 19.9 Å². The van der Waals surface area contributed by atoms with Crippen molar-refractivity contribution in [1.82, 2.24) is 5.32 Å². The van der Waals surface area contributed by atoms with Crippen LogP contribution in [0.2, 0.25) is 0 Å². The Bertz CT molecular complexity index is 613. The summed E-state index contributed by atoms with van der Waals surface area (Å²) in [4.78, 5) is 1.98. The summed E-state index contributed by atoms with van der Waals surface area (Å²) in [6.45, 7) is 4.62. The highest BCUT2D eigenvalue weighted by Gasteiger charge is 2.16. The summed E-state index contributed by atoms with van der Waals surface area (Å²) in [7, 11) is 1.83. The van der Waals surface area contributed by atoms with Crippen molar-refractivity contribution in [2.24, 2.45) is 0 Å². The van der Waals surface area contributed by atoms with Gasteiger partial charge in [0.05, 0.1) is 0 Å². The Morgan fingerprint density at radius 2 is 1.81 bits per heavy atom. The molecule has 0 fully saturated rings. The van der Waals surface area contributed by atoms with E-state index in [1.54, 1.807) is 12.1 Å². The zero-order valence-corrected chi connectivity index (χ0v) is 12.5. The molecule has 0 radical (unpaired) electrons. The Kier molecular flexibility index (Phi) is 4.91. The normalized spacial score (nSPS) is 12.2. The molecule has 0 spiro atoms. The molecule has 1 N–H and O–H groups in total. The highest BCUT2D eigenvalue weighted by atomic mass is 19.1. The Hall–Kier alpha value is -1.94. The second-order valence-corrected chi connectivity index (χ2v) is 4.94. The standard InChI is InChI=1S/C17H20F2N2/c1-4-21(15-7-5-6-13(18)10-15)17-9-8-14(19)11-16(17)12(2)20-3/h5-12,20H,4H2,1-3H3. The van der Waals surface area contributed by atoms with Crippen molar-refractivity contribution in [1.29, 1.82) is 0 Å². The maximum atomic E-state index is 13.6. The summed E-state index contributed by atoms with van der Waals surface area (Å²) in [5.41, 5.74) is 2.49. The molecule has 0 bridgehead atoms. The average molecular weight is 290 g/mol. The van der Waals surface area contributed by atoms with Crippen LogP contribution in [0.1, 0.15) is 25.5 Å². The first-order valence-electron chi connectivity index (χ1n) is 7.06. The Morgan fingerprint density at radius 1 is 1.10 bits per heavy atom. The first-order valence-corrected chi connectivity index (χ1v) is 7.06. The summed E-state index contributed by atoms with van der Waals surface area (Å²) < 4.78 is 27.0. The topological polar surface area (TPSA) is 15.3 Å². The summed E-state index contributed by atoms with van der Waals surface area (Å²) in [5, 5.41) is 3.12. The van der Waals surface area contributed by atoms with E-state index >= 15 is 0 Å². The highest BCUT2D eigenvalue weighted by Crippen LogP contribution is 2.32. The zero-order valence-electron chi connectivity index (χ0n) is 12.5. The van der Waals surface area contributed by atoms with Crippen molar-refractivity contribution in [3.05, 3.63) is 59.7 Å². The molecular formula is C17H20F2N2. The van der Waals surface area contributed by atoms with E-state index < -0.39 is 0 Å². The largest absolute Gasteiger partial charge is 0.341 e. The number of anilines is 2. The Balaban J connectivity index is 2.52. The second kappa shape index (κ2) is 6.68. The van der Waals surface area contributed by atoms with Gasteiger partial charge >= 0.3 is 0 Å². The van der Waals surface area contributed by atoms with E-state index in [-0.39, 0.29) is 17.7 Å². The third kappa shape index (κ3) is 3.39. The van der Waals surface area contributed by atoms with Crippen LogP contribution in [-0.4, -0.2) is 13.6 Å². The van der Waals surface area contributed by atoms with Crippen LogP contribution < -0.4 is 10.2 Å². The summed E-state index contributed by atoms with van der Waals surface area (Å²) in [5.74, 6) is -0.553. The molecule has 0 saturated carbocycles. The van der Waals surface area contributed by atoms with E-state index in [9.17, 15) is 8.78 Å². The van der Waals surface area contributed by atoms with E-state index in [1.807, 2.05) is 31.9 Å². The van der Waals surface area contributed by atoms with Crippen LogP contribution in [0.5, 0.6) is 0 Å². The molecule has 0 amide bonds. The number of nitrogens with zero attached hydrogens (tertiary/aromatic N) is 1. The number of benzene rings is 2. The van der Waals surface area contributed by atoms with E-state index in [2.05, 4.69) is 5.32 Å². The van der Waals surface area contributed by atoms with Gasteiger partial charge in [-0.05, 0) is 62.9 Å². The van der Waals surface area contributed by atoms with Gasteiger partial charge in [-0.25, -0.2) is 8.78 Å². The van der Waals surface area contributed by atoms with Gasteiger partial charge in [-0.15, -0.1) is 0 Å². The number of rotatable bonds is 5. The molecule has 0 aliphatic rings. The monoisotopic (exact) mass is 290 g/mol. The molecule has 0 aliphatic carbocycles. The minimum absolute atomic E-state index is 0.00157. The highest BCUT2D eigenvalue weighted by molar-refractivity contribution is 5.67. The predicted octanol–water partition coefficient (Wildman–Crippen LogP) is 4.40. The molecule has 0 aromatic heterocycles. The van der Waals surface area contributed by atoms with Crippen LogP contribution >= 0.6 is 0 Å². The summed E-state index contributed by atoms with van der Waals surface area (Å²) >= 11 is 0. The van der Waals surface area contributed by atoms with Gasteiger partial charge in [-0.3, -0.25) is 0 Å². The van der Waals surface area contributed by atoms with Gasteiger partial charge in [-0.2, -0.15) is 0 Å². The second-order valence-electron chi connectivity index (χ2n) is 4.94. The van der Waals surface area contributed by atoms with Gasteiger partial charge < -0.3 is 10.2 Å². The first-order chi connectivity index (χ1) is 10.1. The fraction of sp³-hybridized carbons (Fsp3) is 0.294. The lowest BCUT2D eigenvalue weighted by Gasteiger charge is -2.28. The van der Waals surface area contributed by atoms with E-state index in [1.165, 1.54) is 24.3 Å². The molecule has 1 atom stereocenters. The molecule has 112 valence electrons. The molecule has 4 heteroatoms. The molecular weight excluding hydrogens is 270 g/mol. The minimum Gasteiger partial charge on any atom is -0.341 e. The quantitative estimate of drug-likeness (QED) is 0.878. The van der Waals surface area contributed by atoms with Crippen LogP contribution in [0.25, 0.3) is 0 Å². The molecule has 1 unspecified atom stereocenters. The number of hydrogen-bond acceptors (Lipinski definition) is 2. The number of hydrogen-bond donors (Lipinski definition) is 1. The van der Waals surface area contributed by atoms with Crippen LogP contribution in [0.15, 0.2) is 42.5 Å². The zero-order chi connectivity index (χ0) is 15.4. The lowest BCUT2D eigenvalue weighted by molar-refractivity contribution is 0.608.